The van der Waals surface area contributed by atoms with Gasteiger partial charge in [0.15, 0.2) is 0 Å². The number of carbonyl (C=O) groups excluding carboxylic acids is 1. The lowest BCUT2D eigenvalue weighted by atomic mass is 10.0. The number of hydrogen-bond donors (Lipinski definition) is 0. The number of amides is 1. The highest BCUT2D eigenvalue weighted by Crippen LogP contribution is 2.12. The summed E-state index contributed by atoms with van der Waals surface area (Å²) < 4.78 is 0. The molecule has 1 aromatic rings. The van der Waals surface area contributed by atoms with Gasteiger partial charge in [-0.2, -0.15) is 5.26 Å². The molecule has 1 amide bonds. The van der Waals surface area contributed by atoms with Crippen molar-refractivity contribution < 1.29 is 4.79 Å². The third-order valence-corrected chi connectivity index (χ3v) is 2.65. The maximum atomic E-state index is 12.1. The fraction of sp³-hybridized carbons (Fsp3) is 0.429. The number of hydrogen-bond acceptors (Lipinski definition) is 2. The minimum Gasteiger partial charge on any atom is -0.326 e. The lowest BCUT2D eigenvalue weighted by Gasteiger charge is -2.24. The van der Waals surface area contributed by atoms with E-state index in [1.54, 1.807) is 19.2 Å². The highest BCUT2D eigenvalue weighted by Gasteiger charge is 2.21. The molecule has 1 aromatic carbocycles. The highest BCUT2D eigenvalue weighted by molar-refractivity contribution is 5.94. The first-order chi connectivity index (χ1) is 8.06. The average molecular weight is 230 g/mol. The van der Waals surface area contributed by atoms with Crippen LogP contribution in [0.4, 0.5) is 0 Å². The van der Waals surface area contributed by atoms with Crippen molar-refractivity contribution in [3.8, 4) is 6.07 Å². The second-order valence-corrected chi connectivity index (χ2v) is 4.56. The quantitative estimate of drug-likeness (QED) is 0.798. The van der Waals surface area contributed by atoms with Crippen LogP contribution in [-0.2, 0) is 0 Å². The summed E-state index contributed by atoms with van der Waals surface area (Å²) in [4.78, 5) is 13.6. The van der Waals surface area contributed by atoms with Gasteiger partial charge in [0.25, 0.3) is 5.91 Å². The topological polar surface area (TPSA) is 44.1 Å². The molecule has 1 unspecified atom stereocenters. The zero-order valence-electron chi connectivity index (χ0n) is 10.6. The van der Waals surface area contributed by atoms with E-state index in [1.807, 2.05) is 32.0 Å². The summed E-state index contributed by atoms with van der Waals surface area (Å²) in [6.45, 7) is 4.09. The van der Waals surface area contributed by atoms with Crippen LogP contribution >= 0.6 is 0 Å². The Labute approximate surface area is 103 Å². The van der Waals surface area contributed by atoms with Gasteiger partial charge < -0.3 is 4.90 Å². The van der Waals surface area contributed by atoms with Crippen molar-refractivity contribution in [2.24, 2.45) is 5.92 Å². The van der Waals surface area contributed by atoms with Gasteiger partial charge in [-0.05, 0) is 24.5 Å². The molecule has 0 N–H and O–H groups in total. The molecule has 1 atom stereocenters. The summed E-state index contributed by atoms with van der Waals surface area (Å²) in [7, 11) is 1.69. The molecule has 0 aromatic heterocycles. The van der Waals surface area contributed by atoms with Gasteiger partial charge >= 0.3 is 0 Å². The van der Waals surface area contributed by atoms with Crippen molar-refractivity contribution in [1.29, 1.82) is 5.26 Å². The molecule has 90 valence electrons. The number of benzene rings is 1. The molecule has 0 heterocycles. The molecule has 1 rings (SSSR count). The number of carbonyl (C=O) groups is 1. The number of nitrogens with zero attached hydrogens (tertiary/aromatic N) is 2. The summed E-state index contributed by atoms with van der Waals surface area (Å²) >= 11 is 0. The van der Waals surface area contributed by atoms with Crippen molar-refractivity contribution in [3.63, 3.8) is 0 Å². The van der Waals surface area contributed by atoms with Gasteiger partial charge in [0.2, 0.25) is 0 Å². The first-order valence-electron chi connectivity index (χ1n) is 5.78. The Hall–Kier alpha value is -1.82. The van der Waals surface area contributed by atoms with E-state index >= 15 is 0 Å². The molecule has 3 nitrogen and oxygen atoms in total. The summed E-state index contributed by atoms with van der Waals surface area (Å²) in [5.41, 5.74) is 0.624. The van der Waals surface area contributed by atoms with Crippen LogP contribution in [0.15, 0.2) is 30.3 Å². The molecule has 0 radical (unpaired) electrons. The van der Waals surface area contributed by atoms with E-state index in [1.165, 1.54) is 4.90 Å². The normalized spacial score (nSPS) is 11.9. The summed E-state index contributed by atoms with van der Waals surface area (Å²) in [5.74, 6) is 0.295. The monoisotopic (exact) mass is 230 g/mol. The maximum Gasteiger partial charge on any atom is 0.254 e. The van der Waals surface area contributed by atoms with Crippen LogP contribution in [0.1, 0.15) is 30.6 Å². The van der Waals surface area contributed by atoms with Crippen molar-refractivity contribution in [2.75, 3.05) is 7.05 Å². The molecule has 0 saturated heterocycles. The zero-order valence-corrected chi connectivity index (χ0v) is 10.6. The molecule has 0 aliphatic heterocycles. The van der Waals surface area contributed by atoms with Crippen LogP contribution in [0.25, 0.3) is 0 Å². The maximum absolute atomic E-state index is 12.1. The van der Waals surface area contributed by atoms with Crippen molar-refractivity contribution in [2.45, 2.75) is 26.3 Å². The van der Waals surface area contributed by atoms with E-state index < -0.39 is 0 Å². The minimum absolute atomic E-state index is 0.0993. The predicted octanol–water partition coefficient (Wildman–Crippen LogP) is 2.70. The Balaban J connectivity index is 2.79. The van der Waals surface area contributed by atoms with Gasteiger partial charge in [0.05, 0.1) is 6.07 Å². The Kier molecular flexibility index (Phi) is 4.71. The molecule has 0 aliphatic rings. The molecule has 0 spiro atoms. The van der Waals surface area contributed by atoms with Gasteiger partial charge in [0.1, 0.15) is 6.04 Å². The smallest absolute Gasteiger partial charge is 0.254 e. The summed E-state index contributed by atoms with van der Waals surface area (Å²) in [6, 6.07) is 10.9. The fourth-order valence-corrected chi connectivity index (χ4v) is 1.67. The molecular formula is C14H18N2O. The molecular weight excluding hydrogens is 212 g/mol. The Morgan fingerprint density at radius 2 is 1.94 bits per heavy atom. The van der Waals surface area contributed by atoms with Crippen LogP contribution < -0.4 is 0 Å². The van der Waals surface area contributed by atoms with Gasteiger partial charge in [-0.3, -0.25) is 4.79 Å². The Morgan fingerprint density at radius 1 is 1.35 bits per heavy atom. The third-order valence-electron chi connectivity index (χ3n) is 2.65. The van der Waals surface area contributed by atoms with Gasteiger partial charge in [-0.25, -0.2) is 0 Å². The molecule has 0 aliphatic carbocycles. The van der Waals surface area contributed by atoms with Crippen LogP contribution in [0.3, 0.4) is 0 Å². The second-order valence-electron chi connectivity index (χ2n) is 4.56. The summed E-state index contributed by atoms with van der Waals surface area (Å²) in [5, 5.41) is 9.10. The number of rotatable bonds is 4. The lowest BCUT2D eigenvalue weighted by molar-refractivity contribution is 0.0752. The van der Waals surface area contributed by atoms with Crippen LogP contribution in [-0.4, -0.2) is 23.9 Å². The first-order valence-corrected chi connectivity index (χ1v) is 5.78. The average Bonchev–Trinajstić information content (AvgIpc) is 2.35. The van der Waals surface area contributed by atoms with E-state index in [2.05, 4.69) is 6.07 Å². The third kappa shape index (κ3) is 3.60. The predicted molar refractivity (Wildman–Crippen MR) is 67.4 cm³/mol. The largest absolute Gasteiger partial charge is 0.326 e. The first kappa shape index (κ1) is 13.2. The van der Waals surface area contributed by atoms with E-state index in [4.69, 9.17) is 5.26 Å². The lowest BCUT2D eigenvalue weighted by Crippen LogP contribution is -2.36. The summed E-state index contributed by atoms with van der Waals surface area (Å²) in [6.07, 6.45) is 0.700. The Morgan fingerprint density at radius 3 is 2.41 bits per heavy atom. The van der Waals surface area contributed by atoms with Crippen LogP contribution in [0, 0.1) is 17.2 Å². The van der Waals surface area contributed by atoms with E-state index in [9.17, 15) is 4.79 Å². The molecule has 0 saturated carbocycles. The van der Waals surface area contributed by atoms with Crippen LogP contribution in [0.2, 0.25) is 0 Å². The van der Waals surface area contributed by atoms with E-state index in [0.29, 0.717) is 17.9 Å². The highest BCUT2D eigenvalue weighted by atomic mass is 16.2. The van der Waals surface area contributed by atoms with Gasteiger partial charge in [-0.15, -0.1) is 0 Å². The number of nitriles is 1. The molecule has 0 fully saturated rings. The minimum atomic E-state index is -0.359. The second kappa shape index (κ2) is 6.05. The fourth-order valence-electron chi connectivity index (χ4n) is 1.67. The zero-order chi connectivity index (χ0) is 12.8. The standard InChI is InChI=1S/C14H18N2O/c1-11(2)9-13(10-15)16(3)14(17)12-7-5-4-6-8-12/h4-8,11,13H,9H2,1-3H3. The van der Waals surface area contributed by atoms with E-state index in [0.717, 1.165) is 0 Å². The molecule has 3 heteroatoms. The Bertz CT molecular complexity index is 406. The van der Waals surface area contributed by atoms with E-state index in [-0.39, 0.29) is 11.9 Å². The molecule has 17 heavy (non-hydrogen) atoms. The molecule has 0 bridgehead atoms. The van der Waals surface area contributed by atoms with Gasteiger partial charge in [0, 0.05) is 12.6 Å². The van der Waals surface area contributed by atoms with Crippen molar-refractivity contribution >= 4 is 5.91 Å². The van der Waals surface area contributed by atoms with Gasteiger partial charge in [-0.1, -0.05) is 32.0 Å². The SMILES string of the molecule is CC(C)CC(C#N)N(C)C(=O)c1ccccc1. The van der Waals surface area contributed by atoms with Crippen molar-refractivity contribution in [3.05, 3.63) is 35.9 Å². The van der Waals surface area contributed by atoms with Crippen LogP contribution in [0.5, 0.6) is 0 Å². The van der Waals surface area contributed by atoms with Crippen molar-refractivity contribution in [1.82, 2.24) is 4.90 Å².